The second kappa shape index (κ2) is 3.58. The molecule has 10 heavy (non-hydrogen) atoms. The molecule has 2 heteroatoms. The van der Waals surface area contributed by atoms with E-state index in [1.807, 2.05) is 0 Å². The van der Waals surface area contributed by atoms with Crippen molar-refractivity contribution in [3.8, 4) is 6.07 Å². The van der Waals surface area contributed by atoms with Crippen molar-refractivity contribution in [3.63, 3.8) is 0 Å². The molecule has 0 aromatic heterocycles. The van der Waals surface area contributed by atoms with Crippen LogP contribution in [0.1, 0.15) is 26.2 Å². The van der Waals surface area contributed by atoms with Gasteiger partial charge in [0, 0.05) is 6.04 Å². The van der Waals surface area contributed by atoms with Crippen LogP contribution in [0.2, 0.25) is 0 Å². The first-order chi connectivity index (χ1) is 4.84. The zero-order valence-corrected chi connectivity index (χ0v) is 6.51. The minimum atomic E-state index is 0.479. The summed E-state index contributed by atoms with van der Waals surface area (Å²) in [6.07, 6.45) is 3.31. The Morgan fingerprint density at radius 1 is 1.50 bits per heavy atom. The molecule has 1 fully saturated rings. The summed E-state index contributed by atoms with van der Waals surface area (Å²) < 4.78 is 0. The minimum absolute atomic E-state index is 0.479. The molecule has 0 bridgehead atoms. The molecule has 0 aromatic rings. The first-order valence-corrected chi connectivity index (χ1v) is 3.95. The molecule has 1 saturated heterocycles. The Morgan fingerprint density at radius 3 is 2.60 bits per heavy atom. The Balaban J connectivity index is 2.26. The molecule has 0 aromatic carbocycles. The van der Waals surface area contributed by atoms with Crippen molar-refractivity contribution in [2.75, 3.05) is 13.1 Å². The van der Waals surface area contributed by atoms with Gasteiger partial charge in [-0.05, 0) is 32.9 Å². The summed E-state index contributed by atoms with van der Waals surface area (Å²) in [6, 6.07) is 2.68. The number of hydrogen-bond donors (Lipinski definition) is 0. The highest BCUT2D eigenvalue weighted by molar-refractivity contribution is 4.81. The van der Waals surface area contributed by atoms with Crippen LogP contribution in [0.3, 0.4) is 0 Å². The molecule has 1 aliphatic heterocycles. The van der Waals surface area contributed by atoms with E-state index in [9.17, 15) is 0 Å². The number of rotatable bonds is 2. The predicted octanol–water partition coefficient (Wildman–Crippen LogP) is 1.38. The fourth-order valence-electron chi connectivity index (χ4n) is 1.44. The molecule has 0 amide bonds. The van der Waals surface area contributed by atoms with Gasteiger partial charge in [0.25, 0.3) is 0 Å². The van der Waals surface area contributed by atoms with Crippen LogP contribution in [0.4, 0.5) is 0 Å². The van der Waals surface area contributed by atoms with Crippen molar-refractivity contribution in [2.24, 2.45) is 0 Å². The maximum absolute atomic E-state index is 8.42. The van der Waals surface area contributed by atoms with Crippen molar-refractivity contribution in [3.05, 3.63) is 0 Å². The molecule has 0 unspecified atom stereocenters. The zero-order valence-electron chi connectivity index (χ0n) is 6.51. The topological polar surface area (TPSA) is 27.0 Å². The Morgan fingerprint density at radius 2 is 2.10 bits per heavy atom. The molecule has 0 radical (unpaired) electrons. The van der Waals surface area contributed by atoms with Crippen LogP contribution in [0.25, 0.3) is 0 Å². The first kappa shape index (κ1) is 7.56. The molecule has 1 atom stereocenters. The number of hydrogen-bond acceptors (Lipinski definition) is 2. The van der Waals surface area contributed by atoms with Crippen LogP contribution in [-0.4, -0.2) is 24.0 Å². The second-order valence-electron chi connectivity index (χ2n) is 2.95. The van der Waals surface area contributed by atoms with E-state index in [1.165, 1.54) is 25.9 Å². The van der Waals surface area contributed by atoms with Gasteiger partial charge in [-0.2, -0.15) is 5.26 Å². The summed E-state index contributed by atoms with van der Waals surface area (Å²) in [4.78, 5) is 2.39. The van der Waals surface area contributed by atoms with Crippen molar-refractivity contribution in [1.29, 1.82) is 5.26 Å². The summed E-state index contributed by atoms with van der Waals surface area (Å²) in [5.74, 6) is 0. The van der Waals surface area contributed by atoms with Gasteiger partial charge >= 0.3 is 0 Å². The number of likely N-dealkylation sites (tertiary alicyclic amines) is 1. The average molecular weight is 138 g/mol. The van der Waals surface area contributed by atoms with Crippen molar-refractivity contribution in [2.45, 2.75) is 32.2 Å². The SMILES string of the molecule is C[C@@H](CC#N)N1CCCC1. The monoisotopic (exact) mass is 138 g/mol. The predicted molar refractivity (Wildman–Crippen MR) is 40.5 cm³/mol. The van der Waals surface area contributed by atoms with Gasteiger partial charge in [0.1, 0.15) is 0 Å². The van der Waals surface area contributed by atoms with Gasteiger partial charge in [-0.15, -0.1) is 0 Å². The van der Waals surface area contributed by atoms with Crippen LogP contribution < -0.4 is 0 Å². The summed E-state index contributed by atoms with van der Waals surface area (Å²) in [7, 11) is 0. The fraction of sp³-hybridized carbons (Fsp3) is 0.875. The molecule has 0 saturated carbocycles. The Bertz CT molecular complexity index is 131. The molecule has 56 valence electrons. The van der Waals surface area contributed by atoms with E-state index in [-0.39, 0.29) is 0 Å². The Kier molecular flexibility index (Phi) is 2.70. The third-order valence-electron chi connectivity index (χ3n) is 2.15. The third-order valence-corrected chi connectivity index (χ3v) is 2.15. The fourth-order valence-corrected chi connectivity index (χ4v) is 1.44. The summed E-state index contributed by atoms with van der Waals surface area (Å²) in [5, 5.41) is 8.42. The summed E-state index contributed by atoms with van der Waals surface area (Å²) in [6.45, 7) is 4.53. The lowest BCUT2D eigenvalue weighted by atomic mass is 10.2. The van der Waals surface area contributed by atoms with Gasteiger partial charge in [-0.3, -0.25) is 4.90 Å². The van der Waals surface area contributed by atoms with Crippen LogP contribution >= 0.6 is 0 Å². The van der Waals surface area contributed by atoms with Gasteiger partial charge in [0.2, 0.25) is 0 Å². The lowest BCUT2D eigenvalue weighted by molar-refractivity contribution is 0.262. The first-order valence-electron chi connectivity index (χ1n) is 3.95. The maximum Gasteiger partial charge on any atom is 0.0638 e. The van der Waals surface area contributed by atoms with E-state index in [0.29, 0.717) is 12.5 Å². The summed E-state index contributed by atoms with van der Waals surface area (Å²) >= 11 is 0. The molecule has 0 aliphatic carbocycles. The zero-order chi connectivity index (χ0) is 7.40. The van der Waals surface area contributed by atoms with E-state index in [4.69, 9.17) is 5.26 Å². The lowest BCUT2D eigenvalue weighted by Crippen LogP contribution is -2.29. The van der Waals surface area contributed by atoms with E-state index >= 15 is 0 Å². The van der Waals surface area contributed by atoms with Crippen LogP contribution in [0, 0.1) is 11.3 Å². The van der Waals surface area contributed by atoms with Gasteiger partial charge < -0.3 is 0 Å². The van der Waals surface area contributed by atoms with E-state index in [1.54, 1.807) is 0 Å². The minimum Gasteiger partial charge on any atom is -0.300 e. The molecular formula is C8H14N2. The summed E-state index contributed by atoms with van der Waals surface area (Å²) in [5.41, 5.74) is 0. The highest BCUT2D eigenvalue weighted by atomic mass is 15.2. The quantitative estimate of drug-likeness (QED) is 0.576. The maximum atomic E-state index is 8.42. The van der Waals surface area contributed by atoms with Crippen molar-refractivity contribution >= 4 is 0 Å². The molecule has 0 spiro atoms. The van der Waals surface area contributed by atoms with Crippen LogP contribution in [0.5, 0.6) is 0 Å². The molecule has 1 aliphatic rings. The van der Waals surface area contributed by atoms with Crippen molar-refractivity contribution < 1.29 is 0 Å². The highest BCUT2D eigenvalue weighted by Crippen LogP contribution is 2.12. The van der Waals surface area contributed by atoms with E-state index in [2.05, 4.69) is 17.9 Å². The standard InChI is InChI=1S/C8H14N2/c1-8(4-5-9)10-6-2-3-7-10/h8H,2-4,6-7H2,1H3/t8-/m0/s1. The Labute approximate surface area is 62.4 Å². The van der Waals surface area contributed by atoms with Crippen molar-refractivity contribution in [1.82, 2.24) is 4.90 Å². The van der Waals surface area contributed by atoms with Crippen LogP contribution in [0.15, 0.2) is 0 Å². The average Bonchev–Trinajstić information content (AvgIpc) is 2.38. The van der Waals surface area contributed by atoms with Gasteiger partial charge in [-0.25, -0.2) is 0 Å². The third kappa shape index (κ3) is 1.71. The second-order valence-corrected chi connectivity index (χ2v) is 2.95. The molecule has 0 N–H and O–H groups in total. The largest absolute Gasteiger partial charge is 0.300 e. The highest BCUT2D eigenvalue weighted by Gasteiger charge is 2.16. The Hall–Kier alpha value is -0.550. The van der Waals surface area contributed by atoms with Crippen LogP contribution in [-0.2, 0) is 0 Å². The van der Waals surface area contributed by atoms with Gasteiger partial charge in [0.05, 0.1) is 12.5 Å². The lowest BCUT2D eigenvalue weighted by Gasteiger charge is -2.20. The molecule has 1 rings (SSSR count). The smallest absolute Gasteiger partial charge is 0.0638 e. The van der Waals surface area contributed by atoms with Gasteiger partial charge in [0.15, 0.2) is 0 Å². The number of nitriles is 1. The normalized spacial score (nSPS) is 22.4. The molecular weight excluding hydrogens is 124 g/mol. The van der Waals surface area contributed by atoms with Gasteiger partial charge in [-0.1, -0.05) is 0 Å². The molecule has 1 heterocycles. The molecule has 2 nitrogen and oxygen atoms in total. The number of nitrogens with zero attached hydrogens (tertiary/aromatic N) is 2. The van der Waals surface area contributed by atoms with E-state index in [0.717, 1.165) is 0 Å². The van der Waals surface area contributed by atoms with E-state index < -0.39 is 0 Å².